The molecule has 1 atom stereocenters. The van der Waals surface area contributed by atoms with Gasteiger partial charge in [0.1, 0.15) is 23.6 Å². The molecular weight excluding hydrogens is 244 g/mol. The van der Waals surface area contributed by atoms with Crippen molar-refractivity contribution >= 4 is 11.6 Å². The molecule has 1 aromatic rings. The van der Waals surface area contributed by atoms with Crippen LogP contribution >= 0.6 is 0 Å². The first kappa shape index (κ1) is 15.7. The summed E-state index contributed by atoms with van der Waals surface area (Å²) < 4.78 is 0. The van der Waals surface area contributed by atoms with Crippen LogP contribution in [0.2, 0.25) is 0 Å². The fourth-order valence-electron chi connectivity index (χ4n) is 1.63. The molecule has 0 radical (unpaired) electrons. The predicted molar refractivity (Wildman–Crippen MR) is 76.4 cm³/mol. The number of nitrogens with zero attached hydrogens (tertiary/aromatic N) is 2. The van der Waals surface area contributed by atoms with Crippen LogP contribution in [0.4, 0.5) is 11.6 Å². The van der Waals surface area contributed by atoms with Crippen LogP contribution in [-0.4, -0.2) is 45.5 Å². The van der Waals surface area contributed by atoms with E-state index in [0.717, 1.165) is 30.8 Å². The van der Waals surface area contributed by atoms with Gasteiger partial charge in [0.2, 0.25) is 0 Å². The van der Waals surface area contributed by atoms with Gasteiger partial charge in [0.05, 0.1) is 6.61 Å². The van der Waals surface area contributed by atoms with Crippen molar-refractivity contribution in [3.63, 3.8) is 0 Å². The van der Waals surface area contributed by atoms with Gasteiger partial charge in [-0.25, -0.2) is 9.97 Å². The lowest BCUT2D eigenvalue weighted by Crippen LogP contribution is -2.37. The fraction of sp³-hybridized carbons (Fsp3) is 0.692. The molecule has 1 aromatic heterocycles. The lowest BCUT2D eigenvalue weighted by Gasteiger charge is -2.22. The molecule has 1 rings (SSSR count). The highest BCUT2D eigenvalue weighted by Gasteiger charge is 2.19. The molecule has 19 heavy (non-hydrogen) atoms. The Morgan fingerprint density at radius 1 is 1.21 bits per heavy atom. The summed E-state index contributed by atoms with van der Waals surface area (Å²) in [7, 11) is 0. The smallest absolute Gasteiger partial charge is 0.134 e. The van der Waals surface area contributed by atoms with Crippen LogP contribution in [0.1, 0.15) is 32.8 Å². The summed E-state index contributed by atoms with van der Waals surface area (Å²) in [6, 6.07) is 0. The van der Waals surface area contributed by atoms with E-state index < -0.39 is 5.60 Å². The average molecular weight is 268 g/mol. The molecule has 0 bridgehead atoms. The van der Waals surface area contributed by atoms with Gasteiger partial charge in [0.25, 0.3) is 0 Å². The Morgan fingerprint density at radius 2 is 1.84 bits per heavy atom. The van der Waals surface area contributed by atoms with Gasteiger partial charge in [0.15, 0.2) is 0 Å². The number of anilines is 2. The third-order valence-corrected chi connectivity index (χ3v) is 2.82. The SMILES string of the molecule is CCCNc1ncnc(NCC(C)(O)CO)c1CC. The number of nitrogens with one attached hydrogen (secondary N) is 2. The van der Waals surface area contributed by atoms with Crippen LogP contribution in [0, 0.1) is 0 Å². The van der Waals surface area contributed by atoms with Crippen molar-refractivity contribution < 1.29 is 10.2 Å². The number of rotatable bonds is 8. The zero-order chi connectivity index (χ0) is 14.3. The summed E-state index contributed by atoms with van der Waals surface area (Å²) in [4.78, 5) is 8.44. The molecule has 0 aliphatic carbocycles. The Morgan fingerprint density at radius 3 is 2.37 bits per heavy atom. The summed E-state index contributed by atoms with van der Waals surface area (Å²) >= 11 is 0. The molecule has 0 fully saturated rings. The minimum Gasteiger partial charge on any atom is -0.393 e. The van der Waals surface area contributed by atoms with Crippen molar-refractivity contribution in [3.05, 3.63) is 11.9 Å². The Labute approximate surface area is 114 Å². The van der Waals surface area contributed by atoms with Gasteiger partial charge in [0, 0.05) is 18.7 Å². The summed E-state index contributed by atoms with van der Waals surface area (Å²) in [5.41, 5.74) is -0.169. The Balaban J connectivity index is 2.82. The van der Waals surface area contributed by atoms with Crippen molar-refractivity contribution in [1.82, 2.24) is 9.97 Å². The third-order valence-electron chi connectivity index (χ3n) is 2.82. The maximum Gasteiger partial charge on any atom is 0.134 e. The number of aliphatic hydroxyl groups is 2. The summed E-state index contributed by atoms with van der Waals surface area (Å²) in [6.07, 6.45) is 3.30. The van der Waals surface area contributed by atoms with Gasteiger partial charge in [-0.1, -0.05) is 13.8 Å². The monoisotopic (exact) mass is 268 g/mol. The van der Waals surface area contributed by atoms with E-state index >= 15 is 0 Å². The van der Waals surface area contributed by atoms with Crippen molar-refractivity contribution in [2.75, 3.05) is 30.3 Å². The molecule has 6 nitrogen and oxygen atoms in total. The van der Waals surface area contributed by atoms with Gasteiger partial charge in [-0.05, 0) is 19.8 Å². The predicted octanol–water partition coefficient (Wildman–Crippen LogP) is 1.02. The van der Waals surface area contributed by atoms with Crippen molar-refractivity contribution in [2.24, 2.45) is 0 Å². The highest BCUT2D eigenvalue weighted by Crippen LogP contribution is 2.21. The quantitative estimate of drug-likeness (QED) is 0.563. The zero-order valence-electron chi connectivity index (χ0n) is 11.9. The van der Waals surface area contributed by atoms with E-state index in [1.165, 1.54) is 6.33 Å². The second-order valence-corrected chi connectivity index (χ2v) is 4.84. The first-order chi connectivity index (χ1) is 9.04. The van der Waals surface area contributed by atoms with Crippen LogP contribution in [-0.2, 0) is 6.42 Å². The minimum absolute atomic E-state index is 0.237. The number of aliphatic hydroxyl groups excluding tert-OH is 1. The van der Waals surface area contributed by atoms with Crippen LogP contribution in [0.15, 0.2) is 6.33 Å². The Bertz CT molecular complexity index is 396. The molecule has 1 heterocycles. The zero-order valence-corrected chi connectivity index (χ0v) is 11.9. The fourth-order valence-corrected chi connectivity index (χ4v) is 1.63. The molecule has 0 spiro atoms. The van der Waals surface area contributed by atoms with Crippen molar-refractivity contribution in [2.45, 2.75) is 39.2 Å². The van der Waals surface area contributed by atoms with Crippen LogP contribution in [0.25, 0.3) is 0 Å². The van der Waals surface area contributed by atoms with Crippen LogP contribution in [0.3, 0.4) is 0 Å². The third kappa shape index (κ3) is 4.65. The highest BCUT2D eigenvalue weighted by atomic mass is 16.3. The maximum atomic E-state index is 9.79. The molecule has 0 aliphatic rings. The number of hydrogen-bond donors (Lipinski definition) is 4. The van der Waals surface area contributed by atoms with Gasteiger partial charge < -0.3 is 20.8 Å². The maximum absolute atomic E-state index is 9.79. The summed E-state index contributed by atoms with van der Waals surface area (Å²) in [5, 5.41) is 25.2. The topological polar surface area (TPSA) is 90.3 Å². The average Bonchev–Trinajstić information content (AvgIpc) is 2.42. The second kappa shape index (κ2) is 7.25. The Hall–Kier alpha value is -1.40. The van der Waals surface area contributed by atoms with Gasteiger partial charge in [-0.15, -0.1) is 0 Å². The van der Waals surface area contributed by atoms with Crippen LogP contribution in [0.5, 0.6) is 0 Å². The standard InChI is InChI=1S/C13H24N4O2/c1-4-6-14-11-10(5-2)12(17-9-16-11)15-7-13(3,19)8-18/h9,18-19H,4-8H2,1-3H3,(H2,14,15,16,17). The van der Waals surface area contributed by atoms with Crippen LogP contribution < -0.4 is 10.6 Å². The molecular formula is C13H24N4O2. The lowest BCUT2D eigenvalue weighted by molar-refractivity contribution is 0.0131. The molecule has 0 amide bonds. The molecule has 0 saturated carbocycles. The van der Waals surface area contributed by atoms with E-state index in [4.69, 9.17) is 5.11 Å². The van der Waals surface area contributed by atoms with Gasteiger partial charge in [-0.2, -0.15) is 0 Å². The molecule has 0 aliphatic heterocycles. The first-order valence-corrected chi connectivity index (χ1v) is 6.69. The van der Waals surface area contributed by atoms with E-state index in [-0.39, 0.29) is 13.2 Å². The summed E-state index contributed by atoms with van der Waals surface area (Å²) in [6.45, 7) is 6.50. The normalized spacial score (nSPS) is 13.9. The highest BCUT2D eigenvalue weighted by molar-refractivity contribution is 5.57. The van der Waals surface area contributed by atoms with Gasteiger partial charge in [-0.3, -0.25) is 0 Å². The molecule has 0 saturated heterocycles. The van der Waals surface area contributed by atoms with E-state index in [2.05, 4.69) is 27.5 Å². The largest absolute Gasteiger partial charge is 0.393 e. The molecule has 0 aromatic carbocycles. The van der Waals surface area contributed by atoms with E-state index in [1.807, 2.05) is 6.92 Å². The minimum atomic E-state index is -1.16. The number of aromatic nitrogens is 2. The molecule has 1 unspecified atom stereocenters. The van der Waals surface area contributed by atoms with E-state index in [9.17, 15) is 5.11 Å². The molecule has 6 heteroatoms. The second-order valence-electron chi connectivity index (χ2n) is 4.84. The van der Waals surface area contributed by atoms with Gasteiger partial charge >= 0.3 is 0 Å². The van der Waals surface area contributed by atoms with E-state index in [1.54, 1.807) is 6.92 Å². The molecule has 108 valence electrons. The molecule has 4 N–H and O–H groups in total. The first-order valence-electron chi connectivity index (χ1n) is 6.69. The van der Waals surface area contributed by atoms with Crippen molar-refractivity contribution in [1.29, 1.82) is 0 Å². The van der Waals surface area contributed by atoms with E-state index in [0.29, 0.717) is 5.82 Å². The Kier molecular flexibility index (Phi) is 5.98. The number of hydrogen-bond acceptors (Lipinski definition) is 6. The summed E-state index contributed by atoms with van der Waals surface area (Å²) in [5.74, 6) is 1.52. The van der Waals surface area contributed by atoms with Crippen molar-refractivity contribution in [3.8, 4) is 0 Å². The lowest BCUT2D eigenvalue weighted by atomic mass is 10.1.